The molecule has 0 atom stereocenters. The maximum Gasteiger partial charge on any atom is 0.302 e. The molecule has 0 aliphatic carbocycles. The van der Waals surface area contributed by atoms with Gasteiger partial charge in [0.1, 0.15) is 0 Å². The summed E-state index contributed by atoms with van der Waals surface area (Å²) in [5.74, 6) is -0.245. The van der Waals surface area contributed by atoms with Gasteiger partial charge in [0.25, 0.3) is 0 Å². The number of carbonyl (C=O) groups excluding carboxylic acids is 1. The lowest BCUT2D eigenvalue weighted by atomic mass is 10.4. The summed E-state index contributed by atoms with van der Waals surface area (Å²) in [5.41, 5.74) is 0. The molecule has 0 unspecified atom stereocenters. The molecule has 0 aromatic rings. The zero-order valence-corrected chi connectivity index (χ0v) is 10.3. The van der Waals surface area contributed by atoms with Crippen LogP contribution in [0, 0.1) is 0 Å². The zero-order valence-electron chi connectivity index (χ0n) is 10.3. The second kappa shape index (κ2) is 22.8. The van der Waals surface area contributed by atoms with Crippen LogP contribution in [0.25, 0.3) is 0 Å². The van der Waals surface area contributed by atoms with Crippen LogP contribution in [0.4, 0.5) is 0 Å². The number of ether oxygens (including phenoxy) is 1. The van der Waals surface area contributed by atoms with Crippen molar-refractivity contribution >= 4 is 5.97 Å². The van der Waals surface area contributed by atoms with Crippen LogP contribution in [0.2, 0.25) is 0 Å². The van der Waals surface area contributed by atoms with Crippen molar-refractivity contribution < 1.29 is 19.3 Å². The number of hydrogen-bond acceptors (Lipinski definition) is 4. The number of esters is 1. The molecular formula is C10H24O4. The van der Waals surface area contributed by atoms with E-state index in [0.29, 0.717) is 6.61 Å². The first-order chi connectivity index (χ1) is 6.60. The number of hydrogen-bond donors (Lipinski definition) is 0. The van der Waals surface area contributed by atoms with Gasteiger partial charge in [0, 0.05) is 6.92 Å². The van der Waals surface area contributed by atoms with E-state index in [9.17, 15) is 4.79 Å². The SMILES string of the molecule is CCCC.CCOOC.COC(C)=O. The highest BCUT2D eigenvalue weighted by Gasteiger charge is 1.75. The highest BCUT2D eigenvalue weighted by Crippen LogP contribution is 1.76. The van der Waals surface area contributed by atoms with Crippen LogP contribution >= 0.6 is 0 Å². The fourth-order valence-electron chi connectivity index (χ4n) is 0.118. The molecule has 0 amide bonds. The third-order valence-corrected chi connectivity index (χ3v) is 1.02. The summed E-state index contributed by atoms with van der Waals surface area (Å²) >= 11 is 0. The third kappa shape index (κ3) is 63.8. The molecule has 0 fully saturated rings. The smallest absolute Gasteiger partial charge is 0.302 e. The van der Waals surface area contributed by atoms with Crippen molar-refractivity contribution in [2.75, 3.05) is 20.8 Å². The van der Waals surface area contributed by atoms with Crippen molar-refractivity contribution in [3.63, 3.8) is 0 Å². The van der Waals surface area contributed by atoms with Gasteiger partial charge >= 0.3 is 5.97 Å². The lowest BCUT2D eigenvalue weighted by Crippen LogP contribution is -1.88. The van der Waals surface area contributed by atoms with Gasteiger partial charge in [-0.05, 0) is 6.92 Å². The molecule has 4 nitrogen and oxygen atoms in total. The molecule has 0 bridgehead atoms. The van der Waals surface area contributed by atoms with Gasteiger partial charge in [-0.1, -0.05) is 26.7 Å². The Kier molecular flexibility index (Phi) is 31.1. The molecule has 0 aliphatic heterocycles. The van der Waals surface area contributed by atoms with Crippen LogP contribution in [0.1, 0.15) is 40.5 Å². The Hall–Kier alpha value is -0.610. The molecular weight excluding hydrogens is 184 g/mol. The predicted octanol–water partition coefficient (Wildman–Crippen LogP) is 2.57. The van der Waals surface area contributed by atoms with Gasteiger partial charge in [0.05, 0.1) is 20.8 Å². The summed E-state index contributed by atoms with van der Waals surface area (Å²) in [4.78, 5) is 18.1. The number of carbonyl (C=O) groups is 1. The van der Waals surface area contributed by atoms with Gasteiger partial charge in [0.15, 0.2) is 0 Å². The van der Waals surface area contributed by atoms with E-state index in [-0.39, 0.29) is 5.97 Å². The van der Waals surface area contributed by atoms with Gasteiger partial charge in [0.2, 0.25) is 0 Å². The molecule has 0 aliphatic rings. The first kappa shape index (κ1) is 19.0. The maximum absolute atomic E-state index is 9.59. The monoisotopic (exact) mass is 208 g/mol. The molecule has 0 N–H and O–H groups in total. The summed E-state index contributed by atoms with van der Waals surface area (Å²) in [6, 6.07) is 0. The molecule has 0 aromatic heterocycles. The van der Waals surface area contributed by atoms with Gasteiger partial charge in [-0.15, -0.1) is 0 Å². The van der Waals surface area contributed by atoms with Crippen molar-refractivity contribution in [1.29, 1.82) is 0 Å². The highest BCUT2D eigenvalue weighted by molar-refractivity contribution is 5.65. The predicted molar refractivity (Wildman–Crippen MR) is 56.9 cm³/mol. The van der Waals surface area contributed by atoms with E-state index in [4.69, 9.17) is 0 Å². The average Bonchev–Trinajstić information content (AvgIpc) is 2.20. The van der Waals surface area contributed by atoms with Crippen LogP contribution in [-0.4, -0.2) is 26.8 Å². The van der Waals surface area contributed by atoms with Gasteiger partial charge in [-0.2, -0.15) is 0 Å². The Bertz CT molecular complexity index is 90.1. The van der Waals surface area contributed by atoms with Gasteiger partial charge < -0.3 is 4.74 Å². The van der Waals surface area contributed by atoms with E-state index in [1.165, 1.54) is 34.0 Å². The molecule has 4 heteroatoms. The minimum Gasteiger partial charge on any atom is -0.469 e. The average molecular weight is 208 g/mol. The standard InChI is InChI=1S/C4H10.C3H6O2.C3H8O2/c1-3-4-2;1-3(4)5-2;1-3-5-4-2/h3-4H2,1-2H3;1-2H3;3H2,1-2H3. The number of rotatable bonds is 3. The van der Waals surface area contributed by atoms with Gasteiger partial charge in [-0.25, -0.2) is 9.78 Å². The minimum atomic E-state index is -0.245. The summed E-state index contributed by atoms with van der Waals surface area (Å²) in [5, 5.41) is 0. The van der Waals surface area contributed by atoms with E-state index >= 15 is 0 Å². The molecule has 0 rings (SSSR count). The van der Waals surface area contributed by atoms with E-state index in [2.05, 4.69) is 28.4 Å². The van der Waals surface area contributed by atoms with Crippen LogP contribution in [-0.2, 0) is 19.3 Å². The number of methoxy groups -OCH3 is 1. The largest absolute Gasteiger partial charge is 0.469 e. The minimum absolute atomic E-state index is 0.245. The Morgan fingerprint density at radius 3 is 1.43 bits per heavy atom. The fourth-order valence-corrected chi connectivity index (χ4v) is 0.118. The van der Waals surface area contributed by atoms with E-state index < -0.39 is 0 Å². The second-order valence-electron chi connectivity index (χ2n) is 2.27. The van der Waals surface area contributed by atoms with Crippen LogP contribution in [0.15, 0.2) is 0 Å². The topological polar surface area (TPSA) is 44.8 Å². The van der Waals surface area contributed by atoms with E-state index in [0.717, 1.165) is 0 Å². The Labute approximate surface area is 87.5 Å². The van der Waals surface area contributed by atoms with E-state index in [1.807, 2.05) is 6.92 Å². The Morgan fingerprint density at radius 1 is 1.07 bits per heavy atom. The molecule has 0 heterocycles. The summed E-state index contributed by atoms with van der Waals surface area (Å²) < 4.78 is 4.11. The number of unbranched alkanes of at least 4 members (excludes halogenated alkanes) is 1. The van der Waals surface area contributed by atoms with Crippen LogP contribution in [0.5, 0.6) is 0 Å². The first-order valence-electron chi connectivity index (χ1n) is 4.80. The molecule has 14 heavy (non-hydrogen) atoms. The Balaban J connectivity index is -0.000000131. The lowest BCUT2D eigenvalue weighted by Gasteiger charge is -1.86. The van der Waals surface area contributed by atoms with Crippen molar-refractivity contribution in [2.45, 2.75) is 40.5 Å². The van der Waals surface area contributed by atoms with Crippen LogP contribution < -0.4 is 0 Å². The van der Waals surface area contributed by atoms with Crippen LogP contribution in [0.3, 0.4) is 0 Å². The normalized spacial score (nSPS) is 7.57. The lowest BCUT2D eigenvalue weighted by molar-refractivity contribution is -0.268. The summed E-state index contributed by atoms with van der Waals surface area (Å²) in [6.07, 6.45) is 2.64. The van der Waals surface area contributed by atoms with Crippen molar-refractivity contribution in [3.05, 3.63) is 0 Å². The van der Waals surface area contributed by atoms with Crippen molar-refractivity contribution in [3.8, 4) is 0 Å². The quantitative estimate of drug-likeness (QED) is 0.406. The molecule has 0 aromatic carbocycles. The fraction of sp³-hybridized carbons (Fsp3) is 0.900. The molecule has 0 saturated carbocycles. The second-order valence-corrected chi connectivity index (χ2v) is 2.27. The zero-order chi connectivity index (χ0) is 11.8. The Morgan fingerprint density at radius 2 is 1.43 bits per heavy atom. The molecule has 0 spiro atoms. The van der Waals surface area contributed by atoms with E-state index in [1.54, 1.807) is 0 Å². The molecule has 0 radical (unpaired) electrons. The van der Waals surface area contributed by atoms with Gasteiger partial charge in [-0.3, -0.25) is 4.79 Å². The third-order valence-electron chi connectivity index (χ3n) is 1.02. The van der Waals surface area contributed by atoms with Crippen molar-refractivity contribution in [1.82, 2.24) is 0 Å². The maximum atomic E-state index is 9.59. The van der Waals surface area contributed by atoms with Crippen molar-refractivity contribution in [2.24, 2.45) is 0 Å². The summed E-state index contributed by atoms with van der Waals surface area (Å²) in [6.45, 7) is 8.21. The first-order valence-corrected chi connectivity index (χ1v) is 4.80. The molecule has 88 valence electrons. The summed E-state index contributed by atoms with van der Waals surface area (Å²) in [7, 11) is 2.84. The molecule has 0 saturated heterocycles. The highest BCUT2D eigenvalue weighted by atomic mass is 17.2.